The highest BCUT2D eigenvalue weighted by Gasteiger charge is 2.23. The number of aromatic nitrogens is 2. The molecule has 126 valence electrons. The van der Waals surface area contributed by atoms with E-state index in [0.717, 1.165) is 30.9 Å². The van der Waals surface area contributed by atoms with E-state index in [0.29, 0.717) is 18.9 Å². The minimum atomic E-state index is 0.448. The van der Waals surface area contributed by atoms with Crippen LogP contribution in [0, 0.1) is 11.3 Å². The van der Waals surface area contributed by atoms with Gasteiger partial charge in [-0.25, -0.2) is 0 Å². The summed E-state index contributed by atoms with van der Waals surface area (Å²) in [7, 11) is 2.02. The summed E-state index contributed by atoms with van der Waals surface area (Å²) in [5.74, 6) is 1.44. The lowest BCUT2D eigenvalue weighted by Gasteiger charge is -2.32. The van der Waals surface area contributed by atoms with E-state index in [-0.39, 0.29) is 0 Å². The summed E-state index contributed by atoms with van der Waals surface area (Å²) in [6, 6.07) is 12.1. The van der Waals surface area contributed by atoms with E-state index in [1.165, 1.54) is 18.5 Å². The number of ether oxygens (including phenoxy) is 1. The summed E-state index contributed by atoms with van der Waals surface area (Å²) in [5, 5.41) is 13.0. The maximum absolute atomic E-state index is 8.69. The lowest BCUT2D eigenvalue weighted by molar-refractivity contribution is 0.168. The molecule has 0 spiro atoms. The van der Waals surface area contributed by atoms with Crippen molar-refractivity contribution in [1.82, 2.24) is 14.7 Å². The van der Waals surface area contributed by atoms with Gasteiger partial charge in [0.2, 0.25) is 0 Å². The molecule has 1 aliphatic heterocycles. The zero-order valence-corrected chi connectivity index (χ0v) is 14.2. The van der Waals surface area contributed by atoms with E-state index < -0.39 is 0 Å². The topological polar surface area (TPSA) is 54.1 Å². The second-order valence-corrected chi connectivity index (χ2v) is 6.35. The third-order valence-electron chi connectivity index (χ3n) is 4.67. The molecule has 2 aromatic rings. The molecule has 1 aromatic heterocycles. The third-order valence-corrected chi connectivity index (χ3v) is 4.67. The Morgan fingerprint density at radius 2 is 2.12 bits per heavy atom. The number of likely N-dealkylation sites (tertiary alicyclic amines) is 1. The van der Waals surface area contributed by atoms with Crippen LogP contribution >= 0.6 is 0 Å². The second-order valence-electron chi connectivity index (χ2n) is 6.35. The Balaban J connectivity index is 1.46. The van der Waals surface area contributed by atoms with Crippen LogP contribution in [0.3, 0.4) is 0 Å². The van der Waals surface area contributed by atoms with Crippen molar-refractivity contribution in [1.29, 1.82) is 5.26 Å². The molecule has 1 aromatic carbocycles. The van der Waals surface area contributed by atoms with Crippen LogP contribution in [-0.4, -0.2) is 40.9 Å². The van der Waals surface area contributed by atoms with Crippen molar-refractivity contribution < 1.29 is 4.74 Å². The quantitative estimate of drug-likeness (QED) is 0.820. The van der Waals surface area contributed by atoms with Crippen LogP contribution < -0.4 is 4.74 Å². The Kier molecular flexibility index (Phi) is 5.50. The SMILES string of the molecule is Cn1nccc1[C@H]1CCCN(CCOc2ccc(CC#N)cc2)C1. The van der Waals surface area contributed by atoms with Crippen molar-refractivity contribution in [2.45, 2.75) is 25.2 Å². The molecule has 0 saturated carbocycles. The first-order valence-corrected chi connectivity index (χ1v) is 8.55. The Morgan fingerprint density at radius 3 is 2.83 bits per heavy atom. The zero-order chi connectivity index (χ0) is 16.8. The predicted octanol–water partition coefficient (Wildman–Crippen LogP) is 2.74. The van der Waals surface area contributed by atoms with Crippen LogP contribution in [0.2, 0.25) is 0 Å². The van der Waals surface area contributed by atoms with E-state index in [2.05, 4.69) is 22.1 Å². The molecule has 0 N–H and O–H groups in total. The molecule has 0 aliphatic carbocycles. The van der Waals surface area contributed by atoms with Gasteiger partial charge >= 0.3 is 0 Å². The molecule has 5 heteroatoms. The molecule has 1 aliphatic rings. The van der Waals surface area contributed by atoms with Crippen molar-refractivity contribution in [3.05, 3.63) is 47.8 Å². The van der Waals surface area contributed by atoms with Crippen LogP contribution in [0.5, 0.6) is 5.75 Å². The molecule has 2 heterocycles. The van der Waals surface area contributed by atoms with Gasteiger partial charge in [0.15, 0.2) is 0 Å². The summed E-state index contributed by atoms with van der Waals surface area (Å²) in [6.07, 6.45) is 4.78. The summed E-state index contributed by atoms with van der Waals surface area (Å²) >= 11 is 0. The molecule has 5 nitrogen and oxygen atoms in total. The van der Waals surface area contributed by atoms with Crippen LogP contribution in [-0.2, 0) is 13.5 Å². The third kappa shape index (κ3) is 4.15. The molecule has 0 unspecified atom stereocenters. The smallest absolute Gasteiger partial charge is 0.119 e. The van der Waals surface area contributed by atoms with Crippen LogP contribution in [0.4, 0.5) is 0 Å². The fourth-order valence-electron chi connectivity index (χ4n) is 3.37. The maximum atomic E-state index is 8.69. The van der Waals surface area contributed by atoms with Crippen LogP contribution in [0.1, 0.15) is 30.0 Å². The van der Waals surface area contributed by atoms with Gasteiger partial charge in [0.25, 0.3) is 0 Å². The molecule has 0 amide bonds. The first kappa shape index (κ1) is 16.5. The van der Waals surface area contributed by atoms with E-state index in [4.69, 9.17) is 10.00 Å². The van der Waals surface area contributed by atoms with Gasteiger partial charge in [-0.1, -0.05) is 12.1 Å². The van der Waals surface area contributed by atoms with E-state index in [1.807, 2.05) is 42.2 Å². The van der Waals surface area contributed by atoms with Gasteiger partial charge in [0, 0.05) is 37.9 Å². The number of benzene rings is 1. The number of aryl methyl sites for hydroxylation is 1. The van der Waals surface area contributed by atoms with Gasteiger partial charge in [0.05, 0.1) is 12.5 Å². The van der Waals surface area contributed by atoms with Gasteiger partial charge in [-0.2, -0.15) is 10.4 Å². The summed E-state index contributed by atoms with van der Waals surface area (Å²) in [6.45, 7) is 3.84. The highest BCUT2D eigenvalue weighted by Crippen LogP contribution is 2.26. The Hall–Kier alpha value is -2.32. The van der Waals surface area contributed by atoms with Crippen molar-refractivity contribution in [2.24, 2.45) is 7.05 Å². The fraction of sp³-hybridized carbons (Fsp3) is 0.474. The minimum absolute atomic E-state index is 0.448. The van der Waals surface area contributed by atoms with Crippen molar-refractivity contribution in [2.75, 3.05) is 26.2 Å². The lowest BCUT2D eigenvalue weighted by atomic mass is 9.95. The minimum Gasteiger partial charge on any atom is -0.492 e. The number of hydrogen-bond acceptors (Lipinski definition) is 4. The van der Waals surface area contributed by atoms with Crippen LogP contribution in [0.15, 0.2) is 36.5 Å². The van der Waals surface area contributed by atoms with Gasteiger partial charge in [-0.05, 0) is 43.1 Å². The summed E-state index contributed by atoms with van der Waals surface area (Å²) in [4.78, 5) is 2.48. The Labute approximate surface area is 143 Å². The van der Waals surface area contributed by atoms with Crippen molar-refractivity contribution in [3.63, 3.8) is 0 Å². The number of piperidine rings is 1. The molecule has 1 fully saturated rings. The lowest BCUT2D eigenvalue weighted by Crippen LogP contribution is -2.37. The predicted molar refractivity (Wildman–Crippen MR) is 92.9 cm³/mol. The molecule has 3 rings (SSSR count). The zero-order valence-electron chi connectivity index (χ0n) is 14.2. The standard InChI is InChI=1S/C19H24N4O/c1-22-19(9-11-21-22)17-3-2-12-23(15-17)13-14-24-18-6-4-16(5-7-18)8-10-20/h4-7,9,11,17H,2-3,8,12-15H2,1H3/t17-/m0/s1. The van der Waals surface area contributed by atoms with Gasteiger partial charge in [-0.3, -0.25) is 9.58 Å². The molecular weight excluding hydrogens is 300 g/mol. The summed E-state index contributed by atoms with van der Waals surface area (Å²) < 4.78 is 7.84. The Morgan fingerprint density at radius 1 is 1.29 bits per heavy atom. The normalized spacial score (nSPS) is 18.2. The van der Waals surface area contributed by atoms with E-state index in [1.54, 1.807) is 0 Å². The van der Waals surface area contributed by atoms with Gasteiger partial charge in [0.1, 0.15) is 12.4 Å². The molecule has 1 atom stereocenters. The van der Waals surface area contributed by atoms with Gasteiger partial charge < -0.3 is 4.74 Å². The second kappa shape index (κ2) is 7.98. The largest absolute Gasteiger partial charge is 0.492 e. The average molecular weight is 324 g/mol. The highest BCUT2D eigenvalue weighted by molar-refractivity contribution is 5.28. The number of rotatable bonds is 6. The van der Waals surface area contributed by atoms with Gasteiger partial charge in [-0.15, -0.1) is 0 Å². The van der Waals surface area contributed by atoms with Crippen molar-refractivity contribution in [3.8, 4) is 11.8 Å². The fourth-order valence-corrected chi connectivity index (χ4v) is 3.37. The number of hydrogen-bond donors (Lipinski definition) is 0. The molecular formula is C19H24N4O. The Bertz CT molecular complexity index is 686. The van der Waals surface area contributed by atoms with Crippen LogP contribution in [0.25, 0.3) is 0 Å². The molecule has 0 radical (unpaired) electrons. The monoisotopic (exact) mass is 324 g/mol. The average Bonchev–Trinajstić information content (AvgIpc) is 3.03. The maximum Gasteiger partial charge on any atom is 0.119 e. The highest BCUT2D eigenvalue weighted by atomic mass is 16.5. The number of nitriles is 1. The number of nitrogens with zero attached hydrogens (tertiary/aromatic N) is 4. The van der Waals surface area contributed by atoms with E-state index in [9.17, 15) is 0 Å². The van der Waals surface area contributed by atoms with Crippen molar-refractivity contribution >= 4 is 0 Å². The molecule has 1 saturated heterocycles. The molecule has 0 bridgehead atoms. The van der Waals surface area contributed by atoms with E-state index >= 15 is 0 Å². The first-order chi connectivity index (χ1) is 11.8. The summed E-state index contributed by atoms with van der Waals surface area (Å²) in [5.41, 5.74) is 2.36. The molecule has 24 heavy (non-hydrogen) atoms. The first-order valence-electron chi connectivity index (χ1n) is 8.55.